The molecular formula is C9H12F5N3O. The first kappa shape index (κ1) is 14.8. The Balaban J connectivity index is 3.15. The highest BCUT2D eigenvalue weighted by Crippen LogP contribution is 2.43. The third-order valence-electron chi connectivity index (χ3n) is 2.76. The Bertz CT molecular complexity index is 411. The zero-order chi connectivity index (χ0) is 14.2. The number of nitrogens with zero attached hydrogens (tertiary/aromatic N) is 2. The predicted molar refractivity (Wildman–Crippen MR) is 50.7 cm³/mol. The molecule has 0 radical (unpaired) electrons. The molecule has 0 fully saturated rings. The van der Waals surface area contributed by atoms with Crippen molar-refractivity contribution in [3.05, 3.63) is 11.7 Å². The Kier molecular flexibility index (Phi) is 3.66. The van der Waals surface area contributed by atoms with Crippen LogP contribution in [0.4, 0.5) is 22.0 Å². The Hall–Kier alpha value is -1.25. The number of nitrogens with two attached hydrogens (primary N) is 1. The van der Waals surface area contributed by atoms with Gasteiger partial charge < -0.3 is 10.3 Å². The van der Waals surface area contributed by atoms with Gasteiger partial charge in [0.25, 0.3) is 0 Å². The summed E-state index contributed by atoms with van der Waals surface area (Å²) in [6.45, 7) is 3.28. The Morgan fingerprint density at radius 2 is 1.61 bits per heavy atom. The summed E-state index contributed by atoms with van der Waals surface area (Å²) in [5.74, 6) is -7.33. The summed E-state index contributed by atoms with van der Waals surface area (Å²) >= 11 is 0. The second-order valence-corrected chi connectivity index (χ2v) is 3.86. The van der Waals surface area contributed by atoms with E-state index < -0.39 is 23.5 Å². The van der Waals surface area contributed by atoms with Crippen molar-refractivity contribution >= 4 is 0 Å². The number of aromatic nitrogens is 2. The average molecular weight is 273 g/mol. The van der Waals surface area contributed by atoms with E-state index in [-0.39, 0.29) is 18.7 Å². The normalized spacial score (nSPS) is 14.0. The molecule has 0 unspecified atom stereocenters. The molecule has 0 saturated heterocycles. The molecule has 2 N–H and O–H groups in total. The smallest absolute Gasteiger partial charge is 0.332 e. The summed E-state index contributed by atoms with van der Waals surface area (Å²) in [6, 6.07) is 0. The Morgan fingerprint density at radius 1 is 1.11 bits per heavy atom. The Morgan fingerprint density at radius 3 is 2.00 bits per heavy atom. The number of halogens is 5. The van der Waals surface area contributed by atoms with Gasteiger partial charge in [0.05, 0.1) is 5.54 Å². The molecule has 0 aliphatic heterocycles. The molecule has 0 aliphatic rings. The van der Waals surface area contributed by atoms with E-state index in [1.165, 1.54) is 0 Å². The van der Waals surface area contributed by atoms with Crippen LogP contribution in [0, 0.1) is 0 Å². The topological polar surface area (TPSA) is 64.9 Å². The summed E-state index contributed by atoms with van der Waals surface area (Å²) in [4.78, 5) is 3.09. The molecule has 0 atom stereocenters. The molecule has 1 aromatic heterocycles. The number of alkyl halides is 5. The van der Waals surface area contributed by atoms with Crippen molar-refractivity contribution in [2.45, 2.75) is 44.3 Å². The van der Waals surface area contributed by atoms with Crippen molar-refractivity contribution < 1.29 is 26.5 Å². The van der Waals surface area contributed by atoms with Crippen molar-refractivity contribution in [2.75, 3.05) is 0 Å². The van der Waals surface area contributed by atoms with Crippen molar-refractivity contribution in [3.63, 3.8) is 0 Å². The SMILES string of the molecule is CCC(N)(CC)c1noc(C(F)(F)C(F)(F)F)n1. The van der Waals surface area contributed by atoms with Crippen LogP contribution in [0.3, 0.4) is 0 Å². The molecule has 0 amide bonds. The molecule has 4 nitrogen and oxygen atoms in total. The van der Waals surface area contributed by atoms with E-state index >= 15 is 0 Å². The molecule has 18 heavy (non-hydrogen) atoms. The minimum Gasteiger partial charge on any atom is -0.332 e. The summed E-state index contributed by atoms with van der Waals surface area (Å²) in [5, 5.41) is 3.12. The van der Waals surface area contributed by atoms with Crippen LogP contribution in [-0.2, 0) is 11.5 Å². The van der Waals surface area contributed by atoms with Gasteiger partial charge in [0.15, 0.2) is 5.82 Å². The van der Waals surface area contributed by atoms with Crippen LogP contribution < -0.4 is 5.73 Å². The molecule has 0 spiro atoms. The van der Waals surface area contributed by atoms with E-state index in [9.17, 15) is 22.0 Å². The third-order valence-corrected chi connectivity index (χ3v) is 2.76. The largest absolute Gasteiger partial charge is 0.463 e. The number of hydrogen-bond donors (Lipinski definition) is 1. The first-order valence-corrected chi connectivity index (χ1v) is 5.16. The first-order chi connectivity index (χ1) is 8.08. The molecule has 0 aromatic carbocycles. The zero-order valence-electron chi connectivity index (χ0n) is 9.68. The average Bonchev–Trinajstić information content (AvgIpc) is 2.76. The molecule has 9 heteroatoms. The highest BCUT2D eigenvalue weighted by molar-refractivity contribution is 5.06. The summed E-state index contributed by atoms with van der Waals surface area (Å²) < 4.78 is 66.1. The lowest BCUT2D eigenvalue weighted by Gasteiger charge is -2.21. The van der Waals surface area contributed by atoms with Crippen LogP contribution in [0.5, 0.6) is 0 Å². The third kappa shape index (κ3) is 2.31. The highest BCUT2D eigenvalue weighted by Gasteiger charge is 2.63. The molecule has 0 aliphatic carbocycles. The predicted octanol–water partition coefficient (Wildman–Crippen LogP) is 2.70. The fourth-order valence-electron chi connectivity index (χ4n) is 1.24. The zero-order valence-corrected chi connectivity index (χ0v) is 9.68. The van der Waals surface area contributed by atoms with E-state index in [1.807, 2.05) is 0 Å². The quantitative estimate of drug-likeness (QED) is 0.856. The van der Waals surface area contributed by atoms with Crippen LogP contribution in [0.25, 0.3) is 0 Å². The van der Waals surface area contributed by atoms with Gasteiger partial charge in [0, 0.05) is 0 Å². The summed E-state index contributed by atoms with van der Waals surface area (Å²) in [7, 11) is 0. The van der Waals surface area contributed by atoms with E-state index in [2.05, 4.69) is 14.7 Å². The van der Waals surface area contributed by atoms with E-state index in [4.69, 9.17) is 5.73 Å². The van der Waals surface area contributed by atoms with Crippen molar-refractivity contribution in [1.29, 1.82) is 0 Å². The van der Waals surface area contributed by atoms with Crippen LogP contribution in [0.15, 0.2) is 4.52 Å². The minimum atomic E-state index is -5.79. The maximum Gasteiger partial charge on any atom is 0.463 e. The van der Waals surface area contributed by atoms with Crippen molar-refractivity contribution in [3.8, 4) is 0 Å². The highest BCUT2D eigenvalue weighted by atomic mass is 19.4. The first-order valence-electron chi connectivity index (χ1n) is 5.16. The lowest BCUT2D eigenvalue weighted by atomic mass is 9.93. The van der Waals surface area contributed by atoms with Gasteiger partial charge in [-0.1, -0.05) is 19.0 Å². The van der Waals surface area contributed by atoms with Crippen LogP contribution >= 0.6 is 0 Å². The molecule has 104 valence electrons. The van der Waals surface area contributed by atoms with E-state index in [0.717, 1.165) is 0 Å². The molecule has 1 aromatic rings. The fraction of sp³-hybridized carbons (Fsp3) is 0.778. The van der Waals surface area contributed by atoms with Gasteiger partial charge >= 0.3 is 18.0 Å². The summed E-state index contributed by atoms with van der Waals surface area (Å²) in [6.07, 6.45) is -5.23. The van der Waals surface area contributed by atoms with E-state index in [1.54, 1.807) is 13.8 Å². The van der Waals surface area contributed by atoms with Gasteiger partial charge in [-0.2, -0.15) is 26.9 Å². The molecule has 0 bridgehead atoms. The van der Waals surface area contributed by atoms with E-state index in [0.29, 0.717) is 0 Å². The van der Waals surface area contributed by atoms with Crippen molar-refractivity contribution in [1.82, 2.24) is 10.1 Å². The molecule has 1 heterocycles. The lowest BCUT2D eigenvalue weighted by Crippen LogP contribution is -2.37. The van der Waals surface area contributed by atoms with Gasteiger partial charge in [-0.05, 0) is 12.8 Å². The Labute approximate surface area is 99.3 Å². The molecule has 0 saturated carbocycles. The molecule has 1 rings (SSSR count). The summed E-state index contributed by atoms with van der Waals surface area (Å²) in [5.41, 5.74) is 4.60. The minimum absolute atomic E-state index is 0.278. The standard InChI is InChI=1S/C9H12F5N3O/c1-3-7(15,4-2)5-16-6(18-17-5)8(10,11)9(12,13)14/h3-4,15H2,1-2H3. The lowest BCUT2D eigenvalue weighted by molar-refractivity contribution is -0.298. The van der Waals surface area contributed by atoms with Gasteiger partial charge in [-0.3, -0.25) is 0 Å². The van der Waals surface area contributed by atoms with Gasteiger partial charge in [-0.15, -0.1) is 0 Å². The van der Waals surface area contributed by atoms with Crippen LogP contribution in [0.1, 0.15) is 38.4 Å². The van der Waals surface area contributed by atoms with Crippen LogP contribution in [0.2, 0.25) is 0 Å². The van der Waals surface area contributed by atoms with Crippen LogP contribution in [-0.4, -0.2) is 16.3 Å². The van der Waals surface area contributed by atoms with Gasteiger partial charge in [-0.25, -0.2) is 0 Å². The maximum atomic E-state index is 12.9. The maximum absolute atomic E-state index is 12.9. The number of rotatable bonds is 4. The fourth-order valence-corrected chi connectivity index (χ4v) is 1.24. The second-order valence-electron chi connectivity index (χ2n) is 3.86. The monoisotopic (exact) mass is 273 g/mol. The second kappa shape index (κ2) is 4.45. The molecular weight excluding hydrogens is 261 g/mol. The number of hydrogen-bond acceptors (Lipinski definition) is 4. The van der Waals surface area contributed by atoms with Crippen molar-refractivity contribution in [2.24, 2.45) is 5.73 Å². The van der Waals surface area contributed by atoms with Gasteiger partial charge in [0.2, 0.25) is 0 Å². The van der Waals surface area contributed by atoms with Gasteiger partial charge in [0.1, 0.15) is 0 Å².